The number of methoxy groups -OCH3 is 1. The van der Waals surface area contributed by atoms with Gasteiger partial charge in [-0.05, 0) is 30.0 Å². The Morgan fingerprint density at radius 3 is 2.95 bits per heavy atom. The fraction of sp³-hybridized carbons (Fsp3) is 0.0833. The molecule has 0 amide bonds. The highest BCUT2D eigenvalue weighted by Gasteiger charge is 2.07. The van der Waals surface area contributed by atoms with Gasteiger partial charge in [-0.3, -0.25) is 0 Å². The molecule has 0 aliphatic rings. The van der Waals surface area contributed by atoms with Gasteiger partial charge in [-0.1, -0.05) is 0 Å². The molecular weight excluding hydrogens is 262 g/mol. The van der Waals surface area contributed by atoms with E-state index in [1.54, 1.807) is 19.4 Å². The molecule has 2 heterocycles. The van der Waals surface area contributed by atoms with Gasteiger partial charge >= 0.3 is 0 Å². The molecule has 3 aromatic rings. The first kappa shape index (κ1) is 11.8. The summed E-state index contributed by atoms with van der Waals surface area (Å²) in [5.41, 5.74) is 7.39. The Morgan fingerprint density at radius 1 is 1.26 bits per heavy atom. The summed E-state index contributed by atoms with van der Waals surface area (Å²) in [5, 5.41) is 1.28. The lowest BCUT2D eigenvalue weighted by atomic mass is 10.3. The van der Waals surface area contributed by atoms with E-state index in [0.717, 1.165) is 16.8 Å². The number of nitrogens with one attached hydrogen (secondary N) is 1. The van der Waals surface area contributed by atoms with Crippen molar-refractivity contribution in [1.82, 2.24) is 19.9 Å². The van der Waals surface area contributed by atoms with Crippen LogP contribution in [0.4, 0.5) is 5.82 Å². The van der Waals surface area contributed by atoms with Gasteiger partial charge in [0, 0.05) is 12.3 Å². The van der Waals surface area contributed by atoms with Crippen LogP contribution in [0.25, 0.3) is 11.0 Å². The highest BCUT2D eigenvalue weighted by molar-refractivity contribution is 7.99. The molecule has 96 valence electrons. The van der Waals surface area contributed by atoms with Crippen molar-refractivity contribution in [1.29, 1.82) is 0 Å². The average Bonchev–Trinajstić information content (AvgIpc) is 2.79. The summed E-state index contributed by atoms with van der Waals surface area (Å²) in [6, 6.07) is 7.31. The van der Waals surface area contributed by atoms with Crippen LogP contribution in [-0.2, 0) is 0 Å². The van der Waals surface area contributed by atoms with Gasteiger partial charge in [0.15, 0.2) is 10.3 Å². The molecule has 0 bridgehead atoms. The summed E-state index contributed by atoms with van der Waals surface area (Å²) >= 11 is 1.33. The highest BCUT2D eigenvalue weighted by Crippen LogP contribution is 2.26. The molecular formula is C12H11N5OS. The molecule has 0 unspecified atom stereocenters. The Bertz CT molecular complexity index is 727. The third-order valence-electron chi connectivity index (χ3n) is 2.51. The molecule has 2 aromatic heterocycles. The first-order valence-corrected chi connectivity index (χ1v) is 6.36. The van der Waals surface area contributed by atoms with Crippen molar-refractivity contribution < 1.29 is 4.74 Å². The Balaban J connectivity index is 1.93. The minimum atomic E-state index is 0.440. The fourth-order valence-electron chi connectivity index (χ4n) is 1.63. The van der Waals surface area contributed by atoms with Crippen molar-refractivity contribution in [3.05, 3.63) is 30.5 Å². The van der Waals surface area contributed by atoms with E-state index in [-0.39, 0.29) is 0 Å². The zero-order valence-corrected chi connectivity index (χ0v) is 10.9. The summed E-state index contributed by atoms with van der Waals surface area (Å²) < 4.78 is 5.17. The smallest absolute Gasteiger partial charge is 0.197 e. The molecule has 0 saturated heterocycles. The fourth-order valence-corrected chi connectivity index (χ4v) is 2.37. The standard InChI is InChI=1S/C12H11N5OS/c1-18-7-2-3-8-9(6-7)16-12(15-8)19-11-14-5-4-10(13)17-11/h2-6H,1H3,(H,15,16)(H2,13,14,17). The largest absolute Gasteiger partial charge is 0.497 e. The second-order valence-electron chi connectivity index (χ2n) is 3.79. The van der Waals surface area contributed by atoms with Crippen LogP contribution >= 0.6 is 11.8 Å². The van der Waals surface area contributed by atoms with Crippen molar-refractivity contribution in [2.75, 3.05) is 12.8 Å². The van der Waals surface area contributed by atoms with Gasteiger partial charge in [-0.25, -0.2) is 15.0 Å². The number of aromatic nitrogens is 4. The summed E-state index contributed by atoms with van der Waals surface area (Å²) in [7, 11) is 1.63. The molecule has 6 nitrogen and oxygen atoms in total. The second-order valence-corrected chi connectivity index (χ2v) is 4.75. The first-order valence-electron chi connectivity index (χ1n) is 5.55. The number of rotatable bonds is 3. The number of fused-ring (bicyclic) bond motifs is 1. The van der Waals surface area contributed by atoms with Gasteiger partial charge in [0.1, 0.15) is 11.6 Å². The van der Waals surface area contributed by atoms with Crippen LogP contribution in [-0.4, -0.2) is 27.0 Å². The maximum atomic E-state index is 5.61. The predicted molar refractivity (Wildman–Crippen MR) is 73.2 cm³/mol. The van der Waals surface area contributed by atoms with Crippen molar-refractivity contribution in [3.63, 3.8) is 0 Å². The Labute approximate surface area is 113 Å². The average molecular weight is 273 g/mol. The summed E-state index contributed by atoms with van der Waals surface area (Å²) in [6.45, 7) is 0. The normalized spacial score (nSPS) is 10.8. The molecule has 7 heteroatoms. The van der Waals surface area contributed by atoms with E-state index in [1.807, 2.05) is 18.2 Å². The minimum Gasteiger partial charge on any atom is -0.497 e. The monoisotopic (exact) mass is 273 g/mol. The number of hydrogen-bond donors (Lipinski definition) is 2. The number of aromatic amines is 1. The van der Waals surface area contributed by atoms with Crippen molar-refractivity contribution in [2.45, 2.75) is 10.3 Å². The zero-order chi connectivity index (χ0) is 13.2. The molecule has 1 aromatic carbocycles. The van der Waals surface area contributed by atoms with Crippen LogP contribution < -0.4 is 10.5 Å². The molecule has 3 N–H and O–H groups in total. The predicted octanol–water partition coefficient (Wildman–Crippen LogP) is 2.09. The molecule has 0 radical (unpaired) electrons. The molecule has 0 aliphatic heterocycles. The number of nitrogens with two attached hydrogens (primary N) is 1. The molecule has 0 aliphatic carbocycles. The second kappa shape index (κ2) is 4.77. The first-order chi connectivity index (χ1) is 9.24. The lowest BCUT2D eigenvalue weighted by Gasteiger charge is -1.97. The van der Waals surface area contributed by atoms with E-state index in [1.165, 1.54) is 11.8 Å². The Kier molecular flexibility index (Phi) is 2.96. The van der Waals surface area contributed by atoms with Crippen LogP contribution in [0.2, 0.25) is 0 Å². The number of anilines is 1. The van der Waals surface area contributed by atoms with Gasteiger partial charge in [0.05, 0.1) is 18.1 Å². The molecule has 3 rings (SSSR count). The highest BCUT2D eigenvalue weighted by atomic mass is 32.2. The maximum absolute atomic E-state index is 5.61. The third kappa shape index (κ3) is 2.45. The van der Waals surface area contributed by atoms with E-state index in [2.05, 4.69) is 19.9 Å². The van der Waals surface area contributed by atoms with Gasteiger partial charge < -0.3 is 15.5 Å². The minimum absolute atomic E-state index is 0.440. The van der Waals surface area contributed by atoms with Crippen molar-refractivity contribution >= 4 is 28.6 Å². The number of imidazole rings is 1. The number of ether oxygens (including phenoxy) is 1. The van der Waals surface area contributed by atoms with Crippen molar-refractivity contribution in [3.8, 4) is 5.75 Å². The number of nitrogen functional groups attached to an aromatic ring is 1. The number of nitrogens with zero attached hydrogens (tertiary/aromatic N) is 3. The van der Waals surface area contributed by atoms with Gasteiger partial charge in [0.25, 0.3) is 0 Å². The van der Waals surface area contributed by atoms with Gasteiger partial charge in [-0.2, -0.15) is 0 Å². The lowest BCUT2D eigenvalue weighted by molar-refractivity contribution is 0.415. The summed E-state index contributed by atoms with van der Waals surface area (Å²) in [5.74, 6) is 1.23. The number of benzene rings is 1. The molecule has 0 saturated carbocycles. The Morgan fingerprint density at radius 2 is 2.16 bits per heavy atom. The van der Waals surface area contributed by atoms with Crippen LogP contribution in [0.3, 0.4) is 0 Å². The van der Waals surface area contributed by atoms with E-state index in [0.29, 0.717) is 16.1 Å². The summed E-state index contributed by atoms with van der Waals surface area (Å²) in [4.78, 5) is 15.9. The van der Waals surface area contributed by atoms with Gasteiger partial charge in [-0.15, -0.1) is 0 Å². The lowest BCUT2D eigenvalue weighted by Crippen LogP contribution is -1.93. The maximum Gasteiger partial charge on any atom is 0.197 e. The number of H-pyrrole nitrogens is 1. The molecule has 0 atom stereocenters. The zero-order valence-electron chi connectivity index (χ0n) is 10.1. The van der Waals surface area contributed by atoms with Gasteiger partial charge in [0.2, 0.25) is 0 Å². The summed E-state index contributed by atoms with van der Waals surface area (Å²) in [6.07, 6.45) is 1.62. The van der Waals surface area contributed by atoms with Crippen LogP contribution in [0.5, 0.6) is 5.75 Å². The van der Waals surface area contributed by atoms with Crippen LogP contribution in [0.15, 0.2) is 40.8 Å². The number of hydrogen-bond acceptors (Lipinski definition) is 6. The van der Waals surface area contributed by atoms with E-state index in [9.17, 15) is 0 Å². The third-order valence-corrected chi connectivity index (χ3v) is 3.28. The van der Waals surface area contributed by atoms with E-state index in [4.69, 9.17) is 10.5 Å². The Hall–Kier alpha value is -2.28. The topological polar surface area (TPSA) is 89.7 Å². The molecule has 19 heavy (non-hydrogen) atoms. The quantitative estimate of drug-likeness (QED) is 0.710. The van der Waals surface area contributed by atoms with Crippen LogP contribution in [0.1, 0.15) is 0 Å². The van der Waals surface area contributed by atoms with Crippen LogP contribution in [0, 0.1) is 0 Å². The van der Waals surface area contributed by atoms with E-state index >= 15 is 0 Å². The van der Waals surface area contributed by atoms with Crippen molar-refractivity contribution in [2.24, 2.45) is 0 Å². The van der Waals surface area contributed by atoms with E-state index < -0.39 is 0 Å². The SMILES string of the molecule is COc1ccc2nc(Sc3nccc(N)n3)[nH]c2c1. The molecule has 0 fully saturated rings. The molecule has 0 spiro atoms.